The van der Waals surface area contributed by atoms with Crippen LogP contribution in [0, 0.1) is 31.6 Å². The van der Waals surface area contributed by atoms with Crippen LogP contribution in [-0.4, -0.2) is 65.8 Å². The van der Waals surface area contributed by atoms with Crippen molar-refractivity contribution in [3.8, 4) is 0 Å². The standard InChI is InChI=1S/C36H49F6N7O2/c1-21-10-22(2)31-29(11-21)30(8-7-9-47(31)17-23-12-25-19-48(20-26(25)13-23)33(50)51-34(3,4)5)49(32(43)45-46(6)44)18-24-14-27(35(37,38)39)16-28(15-24)36(40,41)42/h10-11,14-16,23,25-26,30H,7-9,12-13,17-20,44H2,1-6H3,(H2,43,45). The van der Waals surface area contributed by atoms with Gasteiger partial charge in [-0.1, -0.05) is 17.7 Å². The SMILES string of the molecule is Cc1cc(C)c2c(c1)C(N(Cc1cc(C(F)(F)F)cc(C(F)(F)F)c1)/C(N)=N/N(C)N)CCCN2CC1CC2CN(C(=O)OC(C)(C)C)CC2C1. The summed E-state index contributed by atoms with van der Waals surface area (Å²) in [6, 6.07) is 5.15. The molecule has 1 amide bonds. The van der Waals surface area contributed by atoms with Crippen molar-refractivity contribution in [3.63, 3.8) is 0 Å². The van der Waals surface area contributed by atoms with Gasteiger partial charge in [0, 0.05) is 45.5 Å². The van der Waals surface area contributed by atoms with Gasteiger partial charge in [0.15, 0.2) is 0 Å². The van der Waals surface area contributed by atoms with Crippen molar-refractivity contribution in [2.45, 2.75) is 90.8 Å². The Balaban J connectivity index is 1.45. The number of fused-ring (bicyclic) bond motifs is 2. The van der Waals surface area contributed by atoms with Crippen LogP contribution in [0.2, 0.25) is 0 Å². The Labute approximate surface area is 295 Å². The summed E-state index contributed by atoms with van der Waals surface area (Å²) >= 11 is 0. The smallest absolute Gasteiger partial charge is 0.416 e. The van der Waals surface area contributed by atoms with Gasteiger partial charge >= 0.3 is 18.4 Å². The maximum atomic E-state index is 13.8. The average Bonchev–Trinajstić information content (AvgIpc) is 3.49. The zero-order valence-electron chi connectivity index (χ0n) is 30.0. The molecule has 2 heterocycles. The first-order chi connectivity index (χ1) is 23.6. The van der Waals surface area contributed by atoms with Crippen LogP contribution >= 0.6 is 0 Å². The molecule has 2 aliphatic heterocycles. The molecule has 51 heavy (non-hydrogen) atoms. The van der Waals surface area contributed by atoms with Gasteiger partial charge in [0.05, 0.1) is 17.2 Å². The van der Waals surface area contributed by atoms with Crippen LogP contribution < -0.4 is 16.5 Å². The van der Waals surface area contributed by atoms with Gasteiger partial charge in [-0.25, -0.2) is 15.8 Å². The first-order valence-electron chi connectivity index (χ1n) is 17.3. The molecule has 282 valence electrons. The lowest BCUT2D eigenvalue weighted by Gasteiger charge is -2.35. The Hall–Kier alpha value is -3.88. The van der Waals surface area contributed by atoms with Gasteiger partial charge in [0.25, 0.3) is 0 Å². The number of rotatable bonds is 6. The van der Waals surface area contributed by atoms with Gasteiger partial charge in [0.1, 0.15) is 5.60 Å². The first-order valence-corrected chi connectivity index (χ1v) is 17.3. The van der Waals surface area contributed by atoms with Crippen LogP contribution in [0.25, 0.3) is 0 Å². The summed E-state index contributed by atoms with van der Waals surface area (Å²) < 4.78 is 88.5. The van der Waals surface area contributed by atoms with Gasteiger partial charge in [-0.2, -0.15) is 26.3 Å². The maximum Gasteiger partial charge on any atom is 0.416 e. The maximum absolute atomic E-state index is 13.8. The molecule has 3 aliphatic rings. The third-order valence-electron chi connectivity index (χ3n) is 9.97. The number of ether oxygens (including phenoxy) is 1. The van der Waals surface area contributed by atoms with Gasteiger partial charge in [0.2, 0.25) is 5.96 Å². The minimum absolute atomic E-state index is 0.122. The fourth-order valence-corrected chi connectivity index (χ4v) is 8.17. The molecular formula is C36H49F6N7O2. The summed E-state index contributed by atoms with van der Waals surface area (Å²) in [5, 5.41) is 5.11. The average molecular weight is 726 g/mol. The zero-order valence-corrected chi connectivity index (χ0v) is 30.0. The number of hydrogen-bond donors (Lipinski definition) is 2. The van der Waals surface area contributed by atoms with Crippen molar-refractivity contribution >= 4 is 17.7 Å². The van der Waals surface area contributed by atoms with Crippen LogP contribution in [0.3, 0.4) is 0 Å². The summed E-state index contributed by atoms with van der Waals surface area (Å²) in [5.41, 5.74) is 6.74. The number of alkyl halides is 6. The molecule has 0 aromatic heterocycles. The molecule has 1 saturated carbocycles. The highest BCUT2D eigenvalue weighted by Crippen LogP contribution is 2.46. The highest BCUT2D eigenvalue weighted by Gasteiger charge is 2.44. The van der Waals surface area contributed by atoms with Crippen molar-refractivity contribution in [2.75, 3.05) is 38.1 Å². The van der Waals surface area contributed by atoms with Gasteiger partial charge in [-0.15, -0.1) is 5.10 Å². The number of hydrazine groups is 1. The van der Waals surface area contributed by atoms with Crippen LogP contribution in [-0.2, 0) is 23.6 Å². The molecule has 3 unspecified atom stereocenters. The van der Waals surface area contributed by atoms with Crippen LogP contribution in [0.5, 0.6) is 0 Å². The minimum atomic E-state index is -4.99. The fourth-order valence-electron chi connectivity index (χ4n) is 8.17. The topological polar surface area (TPSA) is 104 Å². The molecule has 4 N–H and O–H groups in total. The summed E-state index contributed by atoms with van der Waals surface area (Å²) in [5.74, 6) is 6.82. The molecule has 9 nitrogen and oxygen atoms in total. The molecule has 15 heteroatoms. The third-order valence-corrected chi connectivity index (χ3v) is 9.97. The predicted octanol–water partition coefficient (Wildman–Crippen LogP) is 7.41. The Bertz CT molecular complexity index is 1570. The number of benzene rings is 2. The molecule has 2 fully saturated rings. The second-order valence-corrected chi connectivity index (χ2v) is 15.4. The summed E-state index contributed by atoms with van der Waals surface area (Å²) in [4.78, 5) is 18.5. The fraction of sp³-hybridized carbons (Fsp3) is 0.611. The Morgan fingerprint density at radius 3 is 2.08 bits per heavy atom. The summed E-state index contributed by atoms with van der Waals surface area (Å²) in [7, 11) is 1.43. The summed E-state index contributed by atoms with van der Waals surface area (Å²) in [6.45, 7) is 12.0. The lowest BCUT2D eigenvalue weighted by Crippen LogP contribution is -2.42. The largest absolute Gasteiger partial charge is 0.444 e. The highest BCUT2D eigenvalue weighted by atomic mass is 19.4. The number of amides is 1. The number of hydrogen-bond acceptors (Lipinski definition) is 6. The van der Waals surface area contributed by atoms with E-state index in [-0.39, 0.29) is 30.2 Å². The number of aryl methyl sites for hydroxylation is 2. The Morgan fingerprint density at radius 1 is 0.961 bits per heavy atom. The highest BCUT2D eigenvalue weighted by molar-refractivity contribution is 5.79. The van der Waals surface area contributed by atoms with E-state index in [1.807, 2.05) is 45.6 Å². The second-order valence-electron chi connectivity index (χ2n) is 15.4. The Morgan fingerprint density at radius 2 is 1.55 bits per heavy atom. The number of halogens is 6. The molecule has 5 rings (SSSR count). The number of likely N-dealkylation sites (tertiary alicyclic amines) is 1. The molecule has 0 bridgehead atoms. The zero-order chi connectivity index (χ0) is 37.6. The monoisotopic (exact) mass is 725 g/mol. The van der Waals surface area contributed by atoms with E-state index < -0.39 is 35.1 Å². The molecule has 0 spiro atoms. The predicted molar refractivity (Wildman–Crippen MR) is 183 cm³/mol. The number of anilines is 1. The van der Waals surface area contributed by atoms with Crippen molar-refractivity contribution in [2.24, 2.45) is 34.4 Å². The Kier molecular flexibility index (Phi) is 10.7. The summed E-state index contributed by atoms with van der Waals surface area (Å²) in [6.07, 6.45) is -7.13. The van der Waals surface area contributed by atoms with Gasteiger partial charge in [-0.05, 0) is 113 Å². The number of guanidine groups is 1. The molecule has 1 saturated heterocycles. The quantitative estimate of drug-likeness (QED) is 0.105. The van der Waals surface area contributed by atoms with E-state index in [0.29, 0.717) is 50.2 Å². The van der Waals surface area contributed by atoms with Crippen LogP contribution in [0.4, 0.5) is 36.8 Å². The number of carbonyl (C=O) groups excluding carboxylic acids is 1. The van der Waals surface area contributed by atoms with Crippen molar-refractivity contribution in [1.82, 2.24) is 14.9 Å². The van der Waals surface area contributed by atoms with Gasteiger partial charge in [-0.3, -0.25) is 0 Å². The van der Waals surface area contributed by atoms with Crippen LogP contribution in [0.15, 0.2) is 35.4 Å². The molecular weight excluding hydrogens is 676 g/mol. The van der Waals surface area contributed by atoms with E-state index in [1.165, 1.54) is 7.05 Å². The first kappa shape index (κ1) is 38.4. The van der Waals surface area contributed by atoms with E-state index in [4.69, 9.17) is 16.3 Å². The number of nitrogens with two attached hydrogens (primary N) is 2. The van der Waals surface area contributed by atoms with Crippen molar-refractivity contribution in [3.05, 3.63) is 63.7 Å². The van der Waals surface area contributed by atoms with E-state index >= 15 is 0 Å². The third kappa shape index (κ3) is 9.14. The number of carbonyl (C=O) groups is 1. The second kappa shape index (κ2) is 14.3. The van der Waals surface area contributed by atoms with E-state index in [9.17, 15) is 31.1 Å². The normalized spacial score (nSPS) is 22.8. The van der Waals surface area contributed by atoms with Crippen molar-refractivity contribution in [1.29, 1.82) is 0 Å². The van der Waals surface area contributed by atoms with Crippen LogP contribution in [0.1, 0.15) is 85.9 Å². The molecule has 2 aromatic rings. The molecule has 3 atom stereocenters. The lowest BCUT2D eigenvalue weighted by molar-refractivity contribution is -0.143. The van der Waals surface area contributed by atoms with E-state index in [1.54, 1.807) is 4.90 Å². The minimum Gasteiger partial charge on any atom is -0.444 e. The van der Waals surface area contributed by atoms with Gasteiger partial charge < -0.3 is 25.2 Å². The van der Waals surface area contributed by atoms with Crippen molar-refractivity contribution < 1.29 is 35.9 Å². The number of hydrazone groups is 1. The number of nitrogens with zero attached hydrogens (tertiary/aromatic N) is 5. The molecule has 1 aliphatic carbocycles. The molecule has 0 radical (unpaired) electrons. The van der Waals surface area contributed by atoms with E-state index in [0.717, 1.165) is 59.0 Å². The molecule has 2 aromatic carbocycles. The lowest BCUT2D eigenvalue weighted by atomic mass is 9.94. The van der Waals surface area contributed by atoms with E-state index in [2.05, 4.69) is 16.1 Å².